The number of nitrogens with zero attached hydrogens (tertiary/aromatic N) is 2. The first-order valence-corrected chi connectivity index (χ1v) is 9.29. The van der Waals surface area contributed by atoms with Crippen LogP contribution in [-0.4, -0.2) is 40.4 Å². The summed E-state index contributed by atoms with van der Waals surface area (Å²) < 4.78 is 7.48. The Kier molecular flexibility index (Phi) is 5.94. The zero-order valence-electron chi connectivity index (χ0n) is 15.5. The summed E-state index contributed by atoms with van der Waals surface area (Å²) in [6.45, 7) is 3.41. The van der Waals surface area contributed by atoms with E-state index in [0.29, 0.717) is 32.4 Å². The Hall–Kier alpha value is -2.62. The molecule has 2 N–H and O–H groups in total. The maximum absolute atomic E-state index is 12.1. The fourth-order valence-electron chi connectivity index (χ4n) is 3.53. The van der Waals surface area contributed by atoms with Gasteiger partial charge in [0.05, 0.1) is 24.2 Å². The molecule has 0 atom stereocenters. The van der Waals surface area contributed by atoms with Crippen LogP contribution in [0.5, 0.6) is 0 Å². The summed E-state index contributed by atoms with van der Waals surface area (Å²) in [6.07, 6.45) is 6.84. The molecule has 0 radical (unpaired) electrons. The van der Waals surface area contributed by atoms with Gasteiger partial charge in [0.25, 0.3) is 0 Å². The van der Waals surface area contributed by atoms with Crippen molar-refractivity contribution in [2.24, 2.45) is 0 Å². The number of carbonyl (C=O) groups excluding carboxylic acids is 1. The van der Waals surface area contributed by atoms with Crippen LogP contribution in [-0.2, 0) is 16.1 Å². The van der Waals surface area contributed by atoms with Crippen molar-refractivity contribution in [2.75, 3.05) is 13.2 Å². The summed E-state index contributed by atoms with van der Waals surface area (Å²) in [5.41, 5.74) is 1.10. The van der Waals surface area contributed by atoms with Crippen LogP contribution in [0.4, 0.5) is 0 Å². The highest BCUT2D eigenvalue weighted by Gasteiger charge is 2.43. The van der Waals surface area contributed by atoms with Gasteiger partial charge in [-0.15, -0.1) is 0 Å². The molecule has 1 aliphatic rings. The topological polar surface area (TPSA) is 87.3 Å². The number of amides is 1. The van der Waals surface area contributed by atoms with Crippen molar-refractivity contribution in [3.63, 3.8) is 0 Å². The van der Waals surface area contributed by atoms with E-state index in [4.69, 9.17) is 10.00 Å². The van der Waals surface area contributed by atoms with Crippen LogP contribution < -0.4 is 5.32 Å². The number of nitriles is 1. The normalized spacial score (nSPS) is 21.9. The molecule has 3 rings (SSSR count). The number of hydrogen-bond donors (Lipinski definition) is 2. The van der Waals surface area contributed by atoms with E-state index < -0.39 is 5.60 Å². The van der Waals surface area contributed by atoms with Gasteiger partial charge in [0.2, 0.25) is 5.91 Å². The van der Waals surface area contributed by atoms with Gasteiger partial charge in [-0.3, -0.25) is 4.79 Å². The molecule has 1 fully saturated rings. The van der Waals surface area contributed by atoms with Crippen LogP contribution in [0, 0.1) is 11.3 Å². The lowest BCUT2D eigenvalue weighted by atomic mass is 9.77. The molecule has 1 heterocycles. The highest BCUT2D eigenvalue weighted by molar-refractivity contribution is 5.96. The van der Waals surface area contributed by atoms with Crippen molar-refractivity contribution in [3.8, 4) is 6.07 Å². The fraction of sp³-hybridized carbons (Fsp3) is 0.429. The predicted octanol–water partition coefficient (Wildman–Crippen LogP) is 2.61. The fourth-order valence-corrected chi connectivity index (χ4v) is 3.53. The minimum atomic E-state index is -0.864. The smallest absolute Gasteiger partial charge is 0.244 e. The van der Waals surface area contributed by atoms with Crippen molar-refractivity contribution in [2.45, 2.75) is 44.4 Å². The third-order valence-corrected chi connectivity index (χ3v) is 4.91. The largest absolute Gasteiger partial charge is 0.388 e. The highest BCUT2D eigenvalue weighted by Crippen LogP contribution is 2.33. The summed E-state index contributed by atoms with van der Waals surface area (Å²) in [7, 11) is 0. The van der Waals surface area contributed by atoms with Crippen LogP contribution in [0.3, 0.4) is 0 Å². The summed E-state index contributed by atoms with van der Waals surface area (Å²) in [5.74, 6) is -0.239. The molecular formula is C21H25N3O3. The van der Waals surface area contributed by atoms with Gasteiger partial charge >= 0.3 is 0 Å². The molecule has 0 saturated heterocycles. The quantitative estimate of drug-likeness (QED) is 0.702. The highest BCUT2D eigenvalue weighted by atomic mass is 16.5. The van der Waals surface area contributed by atoms with E-state index in [9.17, 15) is 9.90 Å². The number of aromatic nitrogens is 1. The molecule has 142 valence electrons. The van der Waals surface area contributed by atoms with E-state index in [1.807, 2.05) is 42.0 Å². The molecule has 1 amide bonds. The number of fused-ring (bicyclic) bond motifs is 1. The zero-order valence-corrected chi connectivity index (χ0v) is 15.5. The van der Waals surface area contributed by atoms with Crippen LogP contribution in [0.25, 0.3) is 17.0 Å². The maximum Gasteiger partial charge on any atom is 0.244 e. The maximum atomic E-state index is 12.1. The summed E-state index contributed by atoms with van der Waals surface area (Å²) in [5, 5.41) is 22.9. The van der Waals surface area contributed by atoms with Crippen molar-refractivity contribution >= 4 is 22.9 Å². The Labute approximate surface area is 159 Å². The molecule has 6 heteroatoms. The SMILES string of the molecule is CCOC1CC(O)(CNC(=O)C=Cc2cn(CCC#N)c3ccccc23)C1. The van der Waals surface area contributed by atoms with Gasteiger partial charge in [0, 0.05) is 61.3 Å². The number of rotatable bonds is 8. The Morgan fingerprint density at radius 1 is 1.48 bits per heavy atom. The molecule has 0 bridgehead atoms. The number of nitrogens with one attached hydrogen (secondary N) is 1. The molecule has 6 nitrogen and oxygen atoms in total. The van der Waals surface area contributed by atoms with Gasteiger partial charge in [-0.1, -0.05) is 18.2 Å². The molecule has 0 spiro atoms. The monoisotopic (exact) mass is 367 g/mol. The summed E-state index contributed by atoms with van der Waals surface area (Å²) in [4.78, 5) is 12.1. The van der Waals surface area contributed by atoms with Gasteiger partial charge in [0.1, 0.15) is 0 Å². The van der Waals surface area contributed by atoms with Crippen molar-refractivity contribution < 1.29 is 14.6 Å². The minimum Gasteiger partial charge on any atom is -0.388 e. The van der Waals surface area contributed by atoms with Crippen molar-refractivity contribution in [1.29, 1.82) is 5.26 Å². The second-order valence-electron chi connectivity index (χ2n) is 6.96. The molecule has 2 aromatic rings. The number of hydrogen-bond acceptors (Lipinski definition) is 4. The zero-order chi connectivity index (χ0) is 19.3. The van der Waals surface area contributed by atoms with Crippen LogP contribution in [0.15, 0.2) is 36.5 Å². The van der Waals surface area contributed by atoms with E-state index in [0.717, 1.165) is 16.5 Å². The molecule has 0 unspecified atom stereocenters. The average molecular weight is 367 g/mol. The predicted molar refractivity (Wildman–Crippen MR) is 104 cm³/mol. The van der Waals surface area contributed by atoms with E-state index in [1.165, 1.54) is 6.08 Å². The molecule has 1 saturated carbocycles. The first-order valence-electron chi connectivity index (χ1n) is 9.29. The first kappa shape index (κ1) is 19.2. The van der Waals surface area contributed by atoms with Crippen LogP contribution >= 0.6 is 0 Å². The van der Waals surface area contributed by atoms with E-state index in [2.05, 4.69) is 11.4 Å². The molecule has 1 aromatic carbocycles. The van der Waals surface area contributed by atoms with Gasteiger partial charge in [-0.2, -0.15) is 5.26 Å². The molecule has 0 aliphatic heterocycles. The minimum absolute atomic E-state index is 0.0898. The Morgan fingerprint density at radius 2 is 2.26 bits per heavy atom. The summed E-state index contributed by atoms with van der Waals surface area (Å²) >= 11 is 0. The van der Waals surface area contributed by atoms with Gasteiger partial charge in [-0.25, -0.2) is 0 Å². The first-order chi connectivity index (χ1) is 13.0. The number of benzene rings is 1. The number of para-hydroxylation sites is 1. The lowest BCUT2D eigenvalue weighted by Gasteiger charge is -2.43. The second kappa shape index (κ2) is 8.38. The third kappa shape index (κ3) is 4.57. The third-order valence-electron chi connectivity index (χ3n) is 4.91. The average Bonchev–Trinajstić information content (AvgIpc) is 3.00. The van der Waals surface area contributed by atoms with E-state index in [1.54, 1.807) is 6.08 Å². The van der Waals surface area contributed by atoms with Gasteiger partial charge < -0.3 is 19.7 Å². The standard InChI is InChI=1S/C21H25N3O3/c1-2-27-17-12-21(26,13-17)15-23-20(25)9-8-16-14-24(11-5-10-22)19-7-4-3-6-18(16)19/h3-4,6-9,14,17,26H,2,5,11-13,15H2,1H3,(H,23,25). The molecular weight excluding hydrogens is 342 g/mol. The number of aryl methyl sites for hydroxylation is 1. The molecule has 27 heavy (non-hydrogen) atoms. The van der Waals surface area contributed by atoms with E-state index >= 15 is 0 Å². The lowest BCUT2D eigenvalue weighted by Crippen LogP contribution is -2.55. The van der Waals surface area contributed by atoms with Gasteiger partial charge in [-0.05, 0) is 19.1 Å². The van der Waals surface area contributed by atoms with Gasteiger partial charge in [0.15, 0.2) is 0 Å². The summed E-state index contributed by atoms with van der Waals surface area (Å²) in [6, 6.07) is 10.1. The van der Waals surface area contributed by atoms with Crippen molar-refractivity contribution in [3.05, 3.63) is 42.1 Å². The number of ether oxygens (including phenoxy) is 1. The van der Waals surface area contributed by atoms with Crippen molar-refractivity contribution in [1.82, 2.24) is 9.88 Å². The lowest BCUT2D eigenvalue weighted by molar-refractivity contribution is -0.139. The second-order valence-corrected chi connectivity index (χ2v) is 6.96. The number of aliphatic hydroxyl groups is 1. The van der Waals surface area contributed by atoms with Crippen LogP contribution in [0.2, 0.25) is 0 Å². The Balaban J connectivity index is 1.61. The Bertz CT molecular complexity index is 872. The van der Waals surface area contributed by atoms with E-state index in [-0.39, 0.29) is 18.6 Å². The number of carbonyl (C=O) groups is 1. The Morgan fingerprint density at radius 3 is 3.00 bits per heavy atom. The van der Waals surface area contributed by atoms with Crippen LogP contribution in [0.1, 0.15) is 31.7 Å². The molecule has 1 aliphatic carbocycles. The molecule has 1 aromatic heterocycles.